The van der Waals surface area contributed by atoms with Crippen molar-refractivity contribution in [1.82, 2.24) is 10.6 Å². The third-order valence-corrected chi connectivity index (χ3v) is 14.4. The quantitative estimate of drug-likeness (QED) is 0.0362. The number of rotatable bonds is 19. The summed E-state index contributed by atoms with van der Waals surface area (Å²) in [7, 11) is -3.22. The van der Waals surface area contributed by atoms with Gasteiger partial charge in [0.15, 0.2) is 7.14 Å². The third-order valence-electron chi connectivity index (χ3n) is 11.3. The van der Waals surface area contributed by atoms with E-state index in [1.165, 1.54) is 0 Å². The summed E-state index contributed by atoms with van der Waals surface area (Å²) < 4.78 is 26.8. The van der Waals surface area contributed by atoms with Gasteiger partial charge in [0.2, 0.25) is 11.8 Å². The Bertz CT molecular complexity index is 2500. The third kappa shape index (κ3) is 11.8. The molecule has 0 saturated carbocycles. The minimum absolute atomic E-state index is 0. The number of ether oxygens (including phenoxy) is 2. The molecule has 327 valence electrons. The van der Waals surface area contributed by atoms with Gasteiger partial charge in [0.25, 0.3) is 0 Å². The monoisotopic (exact) mass is 956 g/mol. The number of carbonyl (C=O) groups is 3. The summed E-state index contributed by atoms with van der Waals surface area (Å²) in [5.74, 6) is -0.828. The molecule has 0 bridgehead atoms. The van der Waals surface area contributed by atoms with Crippen LogP contribution in [0.5, 0.6) is 5.75 Å². The standard InChI is InChI=1S/C55H52N2O6P.Y/c1-3-42-29-33-47(34-30-42)62-40-39-52(58)56-51(37-38-53(59)57-55(44-19-9-4-10-20-44,45-21-11-5-12-22-45)46-23-13-6-14-24-46)54(60)63-41(2)43-31-35-50(36-32-43)64(61,48-25-15-7-16-26-48)49-27-17-8-18-28-49;/h3-36,41,51H,37-40H2,1-2H3,(H,56,58)(H,57,59);/q-1;. The first-order valence-corrected chi connectivity index (χ1v) is 23.2. The van der Waals surface area contributed by atoms with Crippen molar-refractivity contribution < 1.29 is 61.1 Å². The van der Waals surface area contributed by atoms with E-state index in [0.717, 1.165) is 22.3 Å². The molecule has 7 rings (SSSR count). The molecular formula is C55H52N2O6PY-. The molecule has 1 radical (unpaired) electrons. The van der Waals surface area contributed by atoms with Gasteiger partial charge in [-0.1, -0.05) is 195 Å². The number of hydrogen-bond donors (Lipinski definition) is 2. The van der Waals surface area contributed by atoms with Crippen LogP contribution in [0.3, 0.4) is 0 Å². The Morgan fingerprint density at radius 2 is 1.03 bits per heavy atom. The van der Waals surface area contributed by atoms with E-state index in [1.807, 2.05) is 214 Å². The SMILES string of the molecule is C[CH-]c1ccc(OCCC(=O)NC(CCC(=O)NC(c2ccccc2)(c2ccccc2)c2ccccc2)C(=O)OC(C)c2ccc(P(=O)(c3ccccc3)c3ccccc3)cc2)cc1.[Y]. The average molecular weight is 957 g/mol. The van der Waals surface area contributed by atoms with Crippen molar-refractivity contribution in [3.63, 3.8) is 0 Å². The summed E-state index contributed by atoms with van der Waals surface area (Å²) in [6.07, 6.45) is 1.06. The summed E-state index contributed by atoms with van der Waals surface area (Å²) in [5, 5.41) is 8.25. The molecule has 2 atom stereocenters. The molecule has 0 heterocycles. The molecule has 65 heavy (non-hydrogen) atoms. The summed E-state index contributed by atoms with van der Waals surface area (Å²) in [4.78, 5) is 41.9. The van der Waals surface area contributed by atoms with E-state index in [9.17, 15) is 18.9 Å². The van der Waals surface area contributed by atoms with E-state index >= 15 is 0 Å². The van der Waals surface area contributed by atoms with E-state index in [2.05, 4.69) is 10.6 Å². The van der Waals surface area contributed by atoms with E-state index < -0.39 is 36.7 Å². The second-order valence-corrected chi connectivity index (χ2v) is 18.2. The van der Waals surface area contributed by atoms with Crippen LogP contribution in [0.2, 0.25) is 0 Å². The zero-order chi connectivity index (χ0) is 44.8. The van der Waals surface area contributed by atoms with Gasteiger partial charge in [0, 0.05) is 55.0 Å². The van der Waals surface area contributed by atoms with Crippen molar-refractivity contribution in [3.8, 4) is 5.75 Å². The van der Waals surface area contributed by atoms with Gasteiger partial charge in [-0.3, -0.25) is 9.59 Å². The number of benzene rings is 7. The maximum absolute atomic E-state index is 14.9. The molecule has 0 spiro atoms. The van der Waals surface area contributed by atoms with Crippen molar-refractivity contribution in [2.24, 2.45) is 0 Å². The van der Waals surface area contributed by atoms with Crippen LogP contribution in [0, 0.1) is 6.42 Å². The van der Waals surface area contributed by atoms with Crippen LogP contribution in [-0.4, -0.2) is 30.4 Å². The molecule has 0 fully saturated rings. The topological polar surface area (TPSA) is 111 Å². The van der Waals surface area contributed by atoms with Crippen molar-refractivity contribution in [2.75, 3.05) is 6.61 Å². The van der Waals surface area contributed by atoms with Gasteiger partial charge in [-0.2, -0.15) is 24.1 Å². The molecule has 0 aliphatic heterocycles. The normalized spacial score (nSPS) is 12.1. The van der Waals surface area contributed by atoms with Gasteiger partial charge in [0.1, 0.15) is 17.7 Å². The minimum Gasteiger partial charge on any atom is -0.495 e. The Morgan fingerprint density at radius 1 is 0.585 bits per heavy atom. The van der Waals surface area contributed by atoms with Crippen molar-refractivity contribution >= 4 is 40.8 Å². The predicted octanol–water partition coefficient (Wildman–Crippen LogP) is 9.34. The van der Waals surface area contributed by atoms with Crippen LogP contribution in [0.15, 0.2) is 200 Å². The van der Waals surface area contributed by atoms with Gasteiger partial charge in [-0.15, -0.1) is 0 Å². The molecule has 0 aliphatic carbocycles. The molecule has 0 saturated heterocycles. The molecule has 10 heteroatoms. The van der Waals surface area contributed by atoms with Gasteiger partial charge in [-0.05, 0) is 35.6 Å². The number of esters is 1. The fraction of sp³-hybridized carbons (Fsp3) is 0.164. The summed E-state index contributed by atoms with van der Waals surface area (Å²) in [5.41, 5.74) is 3.24. The summed E-state index contributed by atoms with van der Waals surface area (Å²) in [6.45, 7) is 3.78. The molecule has 8 nitrogen and oxygen atoms in total. The van der Waals surface area contributed by atoms with Gasteiger partial charge in [0.05, 0.1) is 18.8 Å². The smallest absolute Gasteiger partial charge is 0.329 e. The maximum Gasteiger partial charge on any atom is 0.329 e. The number of hydrogen-bond acceptors (Lipinski definition) is 6. The maximum atomic E-state index is 14.9. The summed E-state index contributed by atoms with van der Waals surface area (Å²) in [6, 6.07) is 61.7. The molecular weight excluding hydrogens is 904 g/mol. The van der Waals surface area contributed by atoms with Crippen LogP contribution < -0.4 is 31.3 Å². The Labute approximate surface area is 407 Å². The minimum atomic E-state index is -3.22. The molecule has 0 aliphatic rings. The van der Waals surface area contributed by atoms with Crippen LogP contribution in [0.1, 0.15) is 67.0 Å². The molecule has 2 unspecified atom stereocenters. The Hall–Kier alpha value is -6.05. The van der Waals surface area contributed by atoms with Crippen LogP contribution >= 0.6 is 7.14 Å². The van der Waals surface area contributed by atoms with E-state index in [1.54, 1.807) is 6.92 Å². The zero-order valence-corrected chi connectivity index (χ0v) is 40.3. The largest absolute Gasteiger partial charge is 0.495 e. The fourth-order valence-corrected chi connectivity index (χ4v) is 10.5. The Kier molecular flexibility index (Phi) is 17.3. The van der Waals surface area contributed by atoms with E-state index in [-0.39, 0.29) is 64.5 Å². The second-order valence-electron chi connectivity index (χ2n) is 15.5. The van der Waals surface area contributed by atoms with Crippen LogP contribution in [0.4, 0.5) is 0 Å². The molecule has 7 aromatic rings. The molecule has 7 aromatic carbocycles. The number of amides is 2. The second kappa shape index (κ2) is 23.2. The molecule has 0 aromatic heterocycles. The first kappa shape index (κ1) is 48.4. The van der Waals surface area contributed by atoms with Crippen molar-refractivity contribution in [2.45, 2.75) is 50.8 Å². The molecule has 2 N–H and O–H groups in total. The summed E-state index contributed by atoms with van der Waals surface area (Å²) >= 11 is 0. The van der Waals surface area contributed by atoms with Gasteiger partial charge >= 0.3 is 5.97 Å². The molecule has 2 amide bonds. The first-order chi connectivity index (χ1) is 31.2. The predicted molar refractivity (Wildman–Crippen MR) is 254 cm³/mol. The average Bonchev–Trinajstić information content (AvgIpc) is 3.35. The van der Waals surface area contributed by atoms with Crippen LogP contribution in [-0.2, 0) is 61.9 Å². The zero-order valence-electron chi connectivity index (χ0n) is 36.6. The van der Waals surface area contributed by atoms with Gasteiger partial charge < -0.3 is 24.7 Å². The van der Waals surface area contributed by atoms with Crippen molar-refractivity contribution in [3.05, 3.63) is 234 Å². The van der Waals surface area contributed by atoms with E-state index in [0.29, 0.717) is 27.2 Å². The van der Waals surface area contributed by atoms with Crippen molar-refractivity contribution in [1.29, 1.82) is 0 Å². The Morgan fingerprint density at radius 3 is 1.49 bits per heavy atom. The van der Waals surface area contributed by atoms with Gasteiger partial charge in [-0.25, -0.2) is 4.79 Å². The van der Waals surface area contributed by atoms with E-state index in [4.69, 9.17) is 9.47 Å². The fourth-order valence-electron chi connectivity index (χ4n) is 7.86. The first-order valence-electron chi connectivity index (χ1n) is 21.5. The number of carbonyl (C=O) groups excluding carboxylic acids is 3. The Balaban J connectivity index is 0.00000700. The number of nitrogens with one attached hydrogen (secondary N) is 2. The van der Waals surface area contributed by atoms with Crippen LogP contribution in [0.25, 0.3) is 0 Å².